The van der Waals surface area contributed by atoms with Gasteiger partial charge in [0.05, 0.1) is 11.4 Å². The maximum atomic E-state index is 13.2. The van der Waals surface area contributed by atoms with Crippen molar-refractivity contribution in [3.8, 4) is 0 Å². The number of para-hydroxylation sites is 2. The minimum absolute atomic E-state index is 0.0347. The van der Waals surface area contributed by atoms with Gasteiger partial charge >= 0.3 is 6.03 Å². The first-order valence-corrected chi connectivity index (χ1v) is 10.2. The number of carbonyl (C=O) groups excluding carboxylic acids is 4. The standard InChI is InChI=1S/C21H26N4O4/c1-13-7-5-6-10-21(13)19(28)24(20(29)23-21)12-18(27)25-14(2)11-17(26)22-15-8-3-4-9-16(15)25/h3-4,8-9,13-14H,5-7,10-12H2,1-2H3,(H,22,26)(H,23,29)/t13-,14-,21-/m0/s1. The van der Waals surface area contributed by atoms with Gasteiger partial charge in [0.1, 0.15) is 12.1 Å². The molecule has 0 radical (unpaired) electrons. The highest BCUT2D eigenvalue weighted by Gasteiger charge is 2.55. The second-order valence-corrected chi connectivity index (χ2v) is 8.32. The number of nitrogens with zero attached hydrogens (tertiary/aromatic N) is 2. The molecule has 1 saturated carbocycles. The van der Waals surface area contributed by atoms with E-state index < -0.39 is 17.6 Å². The van der Waals surface area contributed by atoms with Crippen LogP contribution < -0.4 is 15.5 Å². The van der Waals surface area contributed by atoms with E-state index in [1.165, 1.54) is 4.90 Å². The molecule has 3 aliphatic rings. The van der Waals surface area contributed by atoms with Crippen molar-refractivity contribution in [1.29, 1.82) is 0 Å². The van der Waals surface area contributed by atoms with Crippen LogP contribution in [0.25, 0.3) is 0 Å². The number of hydrogen-bond acceptors (Lipinski definition) is 4. The molecule has 1 aromatic rings. The van der Waals surface area contributed by atoms with Crippen LogP contribution in [0.1, 0.15) is 46.0 Å². The fourth-order valence-corrected chi connectivity index (χ4v) is 4.82. The Bertz CT molecular complexity index is 885. The summed E-state index contributed by atoms with van der Waals surface area (Å²) < 4.78 is 0. The van der Waals surface area contributed by atoms with Crippen molar-refractivity contribution < 1.29 is 19.2 Å². The topological polar surface area (TPSA) is 98.8 Å². The predicted octanol–water partition coefficient (Wildman–Crippen LogP) is 2.25. The first-order valence-electron chi connectivity index (χ1n) is 10.2. The monoisotopic (exact) mass is 398 g/mol. The van der Waals surface area contributed by atoms with Gasteiger partial charge in [-0.2, -0.15) is 0 Å². The van der Waals surface area contributed by atoms with Gasteiger partial charge in [0, 0.05) is 12.5 Å². The molecule has 2 fully saturated rings. The maximum Gasteiger partial charge on any atom is 0.325 e. The van der Waals surface area contributed by atoms with E-state index in [-0.39, 0.29) is 36.6 Å². The van der Waals surface area contributed by atoms with Gasteiger partial charge in [-0.25, -0.2) is 4.79 Å². The summed E-state index contributed by atoms with van der Waals surface area (Å²) in [4.78, 5) is 53.7. The number of hydrogen-bond donors (Lipinski definition) is 2. The van der Waals surface area contributed by atoms with Gasteiger partial charge in [-0.3, -0.25) is 19.3 Å². The van der Waals surface area contributed by atoms with E-state index in [0.717, 1.165) is 24.2 Å². The van der Waals surface area contributed by atoms with E-state index >= 15 is 0 Å². The normalized spacial score (nSPS) is 29.4. The van der Waals surface area contributed by atoms with Gasteiger partial charge in [0.25, 0.3) is 5.91 Å². The predicted molar refractivity (Wildman–Crippen MR) is 107 cm³/mol. The van der Waals surface area contributed by atoms with Crippen LogP contribution in [0, 0.1) is 5.92 Å². The van der Waals surface area contributed by atoms with Crippen molar-refractivity contribution in [3.05, 3.63) is 24.3 Å². The summed E-state index contributed by atoms with van der Waals surface area (Å²) in [5.41, 5.74) is 0.226. The average Bonchev–Trinajstić information content (AvgIpc) is 2.82. The summed E-state index contributed by atoms with van der Waals surface area (Å²) >= 11 is 0. The van der Waals surface area contributed by atoms with Crippen LogP contribution in [-0.4, -0.2) is 46.8 Å². The number of urea groups is 1. The van der Waals surface area contributed by atoms with E-state index in [1.807, 2.05) is 6.92 Å². The van der Waals surface area contributed by atoms with Crippen molar-refractivity contribution in [2.24, 2.45) is 5.92 Å². The lowest BCUT2D eigenvalue weighted by atomic mass is 9.73. The Labute approximate surface area is 169 Å². The summed E-state index contributed by atoms with van der Waals surface area (Å²) in [6.07, 6.45) is 3.53. The number of benzene rings is 1. The zero-order valence-corrected chi connectivity index (χ0v) is 16.7. The number of fused-ring (bicyclic) bond motifs is 1. The van der Waals surface area contributed by atoms with E-state index in [9.17, 15) is 19.2 Å². The van der Waals surface area contributed by atoms with Crippen molar-refractivity contribution in [3.63, 3.8) is 0 Å². The Morgan fingerprint density at radius 2 is 1.93 bits per heavy atom. The van der Waals surface area contributed by atoms with Crippen LogP contribution >= 0.6 is 0 Å². The molecule has 1 aromatic carbocycles. The molecule has 0 bridgehead atoms. The summed E-state index contributed by atoms with van der Waals surface area (Å²) in [6.45, 7) is 3.43. The molecule has 4 rings (SSSR count). The quantitative estimate of drug-likeness (QED) is 0.747. The number of anilines is 2. The SMILES string of the molecule is C[C@H]1CC(=O)Nc2ccccc2N1C(=O)CN1C(=O)N[C@]2(CCCC[C@@H]2C)C1=O. The Kier molecular flexibility index (Phi) is 4.80. The van der Waals surface area contributed by atoms with Crippen LogP contribution in [0.2, 0.25) is 0 Å². The van der Waals surface area contributed by atoms with Crippen LogP contribution in [0.4, 0.5) is 16.2 Å². The highest BCUT2D eigenvalue weighted by Crippen LogP contribution is 2.38. The second-order valence-electron chi connectivity index (χ2n) is 8.32. The lowest BCUT2D eigenvalue weighted by molar-refractivity contribution is -0.137. The minimum atomic E-state index is -0.893. The van der Waals surface area contributed by atoms with Crippen molar-refractivity contribution in [1.82, 2.24) is 10.2 Å². The van der Waals surface area contributed by atoms with E-state index in [2.05, 4.69) is 10.6 Å². The third kappa shape index (κ3) is 3.16. The molecule has 3 atom stereocenters. The smallest absolute Gasteiger partial charge is 0.324 e. The van der Waals surface area contributed by atoms with Gasteiger partial charge < -0.3 is 15.5 Å². The zero-order chi connectivity index (χ0) is 20.8. The Morgan fingerprint density at radius 1 is 1.17 bits per heavy atom. The zero-order valence-electron chi connectivity index (χ0n) is 16.7. The molecule has 8 nitrogen and oxygen atoms in total. The number of imide groups is 1. The van der Waals surface area contributed by atoms with Gasteiger partial charge in [0.15, 0.2) is 0 Å². The Morgan fingerprint density at radius 3 is 2.69 bits per heavy atom. The lowest BCUT2D eigenvalue weighted by Crippen LogP contribution is -2.54. The molecule has 0 unspecified atom stereocenters. The van der Waals surface area contributed by atoms with Crippen molar-refractivity contribution in [2.45, 2.75) is 57.5 Å². The lowest BCUT2D eigenvalue weighted by Gasteiger charge is -2.37. The van der Waals surface area contributed by atoms with E-state index in [0.29, 0.717) is 17.8 Å². The molecular weight excluding hydrogens is 372 g/mol. The molecule has 1 saturated heterocycles. The minimum Gasteiger partial charge on any atom is -0.324 e. The van der Waals surface area contributed by atoms with Gasteiger partial charge in [0.2, 0.25) is 11.8 Å². The number of rotatable bonds is 2. The largest absolute Gasteiger partial charge is 0.325 e. The third-order valence-electron chi connectivity index (χ3n) is 6.42. The summed E-state index contributed by atoms with van der Waals surface area (Å²) in [5.74, 6) is -0.837. The molecule has 8 heteroatoms. The fraction of sp³-hybridized carbons (Fsp3) is 0.524. The fourth-order valence-electron chi connectivity index (χ4n) is 4.82. The van der Waals surface area contributed by atoms with Gasteiger partial charge in [-0.05, 0) is 37.8 Å². The molecule has 1 aliphatic carbocycles. The summed E-state index contributed by atoms with van der Waals surface area (Å²) in [6, 6.07) is 6.15. The molecule has 0 aromatic heterocycles. The molecule has 2 N–H and O–H groups in total. The summed E-state index contributed by atoms with van der Waals surface area (Å²) in [7, 11) is 0. The van der Waals surface area contributed by atoms with E-state index in [4.69, 9.17) is 0 Å². The van der Waals surface area contributed by atoms with Crippen molar-refractivity contribution >= 4 is 35.1 Å². The highest BCUT2D eigenvalue weighted by atomic mass is 16.2. The molecule has 154 valence electrons. The first-order chi connectivity index (χ1) is 13.8. The van der Waals surface area contributed by atoms with Crippen LogP contribution in [-0.2, 0) is 14.4 Å². The molecule has 1 spiro atoms. The summed E-state index contributed by atoms with van der Waals surface area (Å²) in [5, 5.41) is 5.69. The van der Waals surface area contributed by atoms with Gasteiger partial charge in [-0.15, -0.1) is 0 Å². The molecule has 29 heavy (non-hydrogen) atoms. The van der Waals surface area contributed by atoms with E-state index in [1.54, 1.807) is 31.2 Å². The molecular formula is C21H26N4O4. The number of carbonyl (C=O) groups is 4. The molecule has 5 amide bonds. The first kappa shape index (κ1) is 19.4. The maximum absolute atomic E-state index is 13.2. The number of nitrogens with one attached hydrogen (secondary N) is 2. The van der Waals surface area contributed by atoms with Crippen LogP contribution in [0.5, 0.6) is 0 Å². The molecule has 2 aliphatic heterocycles. The van der Waals surface area contributed by atoms with Crippen LogP contribution in [0.15, 0.2) is 24.3 Å². The highest BCUT2D eigenvalue weighted by molar-refractivity contribution is 6.12. The Hall–Kier alpha value is -2.90. The van der Waals surface area contributed by atoms with Crippen molar-refractivity contribution in [2.75, 3.05) is 16.8 Å². The van der Waals surface area contributed by atoms with Gasteiger partial charge in [-0.1, -0.05) is 31.9 Å². The third-order valence-corrected chi connectivity index (χ3v) is 6.42. The Balaban J connectivity index is 1.60. The van der Waals surface area contributed by atoms with Crippen LogP contribution in [0.3, 0.4) is 0 Å². The second kappa shape index (κ2) is 7.17. The number of amides is 5. The average molecular weight is 398 g/mol. The molecule has 2 heterocycles.